The van der Waals surface area contributed by atoms with Crippen molar-refractivity contribution in [2.75, 3.05) is 45.8 Å². The second kappa shape index (κ2) is 8.69. The van der Waals surface area contributed by atoms with Gasteiger partial charge in [-0.2, -0.15) is 0 Å². The summed E-state index contributed by atoms with van der Waals surface area (Å²) in [5.74, 6) is 2.60. The van der Waals surface area contributed by atoms with Gasteiger partial charge in [0.2, 0.25) is 0 Å². The van der Waals surface area contributed by atoms with E-state index in [0.29, 0.717) is 6.04 Å². The van der Waals surface area contributed by atoms with Gasteiger partial charge in [0.1, 0.15) is 17.8 Å². The average Bonchev–Trinajstić information content (AvgIpc) is 3.26. The minimum absolute atomic E-state index is 0.507. The Bertz CT molecular complexity index is 957. The zero-order valence-electron chi connectivity index (χ0n) is 17.4. The molecule has 0 amide bonds. The standard InChI is InChI=1S/C22H29N5O2/c1-26(12-9-16-6-7-19(28-2)20(13-16)29-3)17-5-4-11-27(14-17)22-18-8-10-23-21(18)24-15-25-22/h6-8,10,13,15,17H,4-5,9,11-12,14H2,1-3H3,(H,23,24,25). The number of hydrogen-bond acceptors (Lipinski definition) is 6. The number of aromatic nitrogens is 3. The van der Waals surface area contributed by atoms with Gasteiger partial charge in [0, 0.05) is 31.9 Å². The largest absolute Gasteiger partial charge is 0.493 e. The van der Waals surface area contributed by atoms with Crippen LogP contribution < -0.4 is 14.4 Å². The molecular weight excluding hydrogens is 366 g/mol. The number of ether oxygens (including phenoxy) is 2. The molecular formula is C22H29N5O2. The van der Waals surface area contributed by atoms with E-state index in [1.54, 1.807) is 20.5 Å². The second-order valence-corrected chi connectivity index (χ2v) is 7.60. The van der Waals surface area contributed by atoms with Crippen molar-refractivity contribution in [3.63, 3.8) is 0 Å². The van der Waals surface area contributed by atoms with Gasteiger partial charge >= 0.3 is 0 Å². The molecule has 1 saturated heterocycles. The SMILES string of the molecule is COc1ccc(CCN(C)C2CCCN(c3ncnc4[nH]ccc34)C2)cc1OC. The van der Waals surface area contributed by atoms with Gasteiger partial charge in [-0.3, -0.25) is 0 Å². The normalized spacial score (nSPS) is 17.1. The summed E-state index contributed by atoms with van der Waals surface area (Å²) >= 11 is 0. The Morgan fingerprint density at radius 1 is 1.17 bits per heavy atom. The van der Waals surface area contributed by atoms with Gasteiger partial charge in [0.15, 0.2) is 11.5 Å². The van der Waals surface area contributed by atoms with Gasteiger partial charge in [0.05, 0.1) is 19.6 Å². The van der Waals surface area contributed by atoms with Crippen molar-refractivity contribution >= 4 is 16.9 Å². The minimum Gasteiger partial charge on any atom is -0.493 e. The van der Waals surface area contributed by atoms with Crippen molar-refractivity contribution in [1.29, 1.82) is 0 Å². The third-order valence-electron chi connectivity index (χ3n) is 5.85. The predicted molar refractivity (Wildman–Crippen MR) is 115 cm³/mol. The number of nitrogens with zero attached hydrogens (tertiary/aromatic N) is 4. The van der Waals surface area contributed by atoms with Crippen molar-refractivity contribution in [2.45, 2.75) is 25.3 Å². The van der Waals surface area contributed by atoms with Gasteiger partial charge in [-0.05, 0) is 50.1 Å². The van der Waals surface area contributed by atoms with Crippen LogP contribution in [0.1, 0.15) is 18.4 Å². The van der Waals surface area contributed by atoms with E-state index < -0.39 is 0 Å². The summed E-state index contributed by atoms with van der Waals surface area (Å²) in [4.78, 5) is 16.9. The van der Waals surface area contributed by atoms with E-state index in [1.807, 2.05) is 12.3 Å². The van der Waals surface area contributed by atoms with Crippen molar-refractivity contribution in [3.05, 3.63) is 42.4 Å². The summed E-state index contributed by atoms with van der Waals surface area (Å²) in [6.07, 6.45) is 6.93. The first-order valence-corrected chi connectivity index (χ1v) is 10.1. The van der Waals surface area contributed by atoms with E-state index in [-0.39, 0.29) is 0 Å². The van der Waals surface area contributed by atoms with Gasteiger partial charge in [-0.1, -0.05) is 6.07 Å². The molecule has 7 nitrogen and oxygen atoms in total. The molecule has 1 N–H and O–H groups in total. The smallest absolute Gasteiger partial charge is 0.160 e. The maximum absolute atomic E-state index is 5.43. The second-order valence-electron chi connectivity index (χ2n) is 7.60. The minimum atomic E-state index is 0.507. The monoisotopic (exact) mass is 395 g/mol. The van der Waals surface area contributed by atoms with Crippen molar-refractivity contribution < 1.29 is 9.47 Å². The highest BCUT2D eigenvalue weighted by Gasteiger charge is 2.25. The molecule has 3 heterocycles. The van der Waals surface area contributed by atoms with E-state index in [9.17, 15) is 0 Å². The number of aromatic amines is 1. The van der Waals surface area contributed by atoms with Gasteiger partial charge in [-0.25, -0.2) is 9.97 Å². The Kier molecular flexibility index (Phi) is 5.85. The number of likely N-dealkylation sites (N-methyl/N-ethyl adjacent to an activating group) is 1. The number of rotatable bonds is 7. The van der Waals surface area contributed by atoms with Crippen LogP contribution in [0.15, 0.2) is 36.8 Å². The molecule has 1 atom stereocenters. The highest BCUT2D eigenvalue weighted by molar-refractivity contribution is 5.87. The Hall–Kier alpha value is -2.80. The molecule has 1 aromatic carbocycles. The van der Waals surface area contributed by atoms with Crippen LogP contribution in [0.25, 0.3) is 11.0 Å². The molecule has 0 spiro atoms. The van der Waals surface area contributed by atoms with Crippen molar-refractivity contribution in [1.82, 2.24) is 19.9 Å². The lowest BCUT2D eigenvalue weighted by atomic mass is 10.0. The Morgan fingerprint density at radius 3 is 2.86 bits per heavy atom. The molecule has 7 heteroatoms. The number of nitrogens with one attached hydrogen (secondary N) is 1. The number of hydrogen-bond donors (Lipinski definition) is 1. The average molecular weight is 396 g/mol. The molecule has 2 aromatic heterocycles. The number of methoxy groups -OCH3 is 2. The summed E-state index contributed by atoms with van der Waals surface area (Å²) in [6, 6.07) is 8.74. The summed E-state index contributed by atoms with van der Waals surface area (Å²) in [6.45, 7) is 3.02. The Morgan fingerprint density at radius 2 is 2.03 bits per heavy atom. The molecule has 0 radical (unpaired) electrons. The third kappa shape index (κ3) is 4.15. The molecule has 1 aliphatic heterocycles. The first-order chi connectivity index (χ1) is 14.2. The zero-order chi connectivity index (χ0) is 20.2. The molecule has 3 aromatic rings. The summed E-state index contributed by atoms with van der Waals surface area (Å²) in [7, 11) is 5.57. The van der Waals surface area contributed by atoms with Gasteiger partial charge in [0.25, 0.3) is 0 Å². The van der Waals surface area contributed by atoms with Gasteiger partial charge < -0.3 is 24.3 Å². The first kappa shape index (κ1) is 19.5. The quantitative estimate of drug-likeness (QED) is 0.663. The third-order valence-corrected chi connectivity index (χ3v) is 5.85. The number of H-pyrrole nitrogens is 1. The zero-order valence-corrected chi connectivity index (χ0v) is 17.4. The lowest BCUT2D eigenvalue weighted by Gasteiger charge is -2.38. The highest BCUT2D eigenvalue weighted by atomic mass is 16.5. The van der Waals surface area contributed by atoms with E-state index >= 15 is 0 Å². The lowest BCUT2D eigenvalue weighted by molar-refractivity contribution is 0.217. The van der Waals surface area contributed by atoms with Crippen LogP contribution >= 0.6 is 0 Å². The summed E-state index contributed by atoms with van der Waals surface area (Å²) < 4.78 is 10.8. The fourth-order valence-electron chi connectivity index (χ4n) is 4.14. The van der Waals surface area contributed by atoms with Crippen LogP contribution in [-0.4, -0.2) is 66.8 Å². The number of anilines is 1. The fraction of sp³-hybridized carbons (Fsp3) is 0.455. The Labute approximate surface area is 171 Å². The summed E-state index contributed by atoms with van der Waals surface area (Å²) in [5, 5.41) is 1.10. The number of fused-ring (bicyclic) bond motifs is 1. The van der Waals surface area contributed by atoms with Crippen molar-refractivity contribution in [2.24, 2.45) is 0 Å². The molecule has 0 saturated carbocycles. The van der Waals surface area contributed by atoms with Gasteiger partial charge in [-0.15, -0.1) is 0 Å². The van der Waals surface area contributed by atoms with Crippen LogP contribution in [0, 0.1) is 0 Å². The van der Waals surface area contributed by atoms with E-state index in [0.717, 1.165) is 54.4 Å². The van der Waals surface area contributed by atoms with E-state index in [1.165, 1.54) is 18.4 Å². The van der Waals surface area contributed by atoms with E-state index in [4.69, 9.17) is 9.47 Å². The van der Waals surface area contributed by atoms with Crippen LogP contribution in [-0.2, 0) is 6.42 Å². The fourth-order valence-corrected chi connectivity index (χ4v) is 4.14. The lowest BCUT2D eigenvalue weighted by Crippen LogP contribution is -2.47. The number of benzene rings is 1. The molecule has 0 aliphatic carbocycles. The van der Waals surface area contributed by atoms with Crippen LogP contribution in [0.5, 0.6) is 11.5 Å². The molecule has 1 fully saturated rings. The maximum Gasteiger partial charge on any atom is 0.160 e. The van der Waals surface area contributed by atoms with Crippen molar-refractivity contribution in [3.8, 4) is 11.5 Å². The molecule has 154 valence electrons. The maximum atomic E-state index is 5.43. The molecule has 0 bridgehead atoms. The summed E-state index contributed by atoms with van der Waals surface area (Å²) in [5.41, 5.74) is 2.16. The molecule has 4 rings (SSSR count). The topological polar surface area (TPSA) is 66.5 Å². The molecule has 1 unspecified atom stereocenters. The Balaban J connectivity index is 1.40. The van der Waals surface area contributed by atoms with Crippen LogP contribution in [0.4, 0.5) is 5.82 Å². The molecule has 1 aliphatic rings. The van der Waals surface area contributed by atoms with Crippen LogP contribution in [0.2, 0.25) is 0 Å². The highest BCUT2D eigenvalue weighted by Crippen LogP contribution is 2.29. The van der Waals surface area contributed by atoms with Crippen LogP contribution in [0.3, 0.4) is 0 Å². The molecule has 29 heavy (non-hydrogen) atoms. The predicted octanol–water partition coefficient (Wildman–Crippen LogP) is 3.12. The van der Waals surface area contributed by atoms with E-state index in [2.05, 4.69) is 50.0 Å². The number of piperidine rings is 1. The first-order valence-electron chi connectivity index (χ1n) is 10.1.